The minimum atomic E-state index is -2.92. The third kappa shape index (κ3) is 4.02. The number of nitrogens with one attached hydrogen (secondary N) is 1. The molecule has 1 amide bonds. The fourth-order valence-electron chi connectivity index (χ4n) is 3.17. The SMILES string of the molecule is CC1CCN(C(=O)c2cncc(NC3CCS(=O)(=O)C3)c2)CC1. The van der Waals surface area contributed by atoms with Gasteiger partial charge < -0.3 is 10.2 Å². The van der Waals surface area contributed by atoms with Gasteiger partial charge in [0.25, 0.3) is 5.91 Å². The Morgan fingerprint density at radius 3 is 2.65 bits per heavy atom. The smallest absolute Gasteiger partial charge is 0.255 e. The molecule has 1 aromatic heterocycles. The van der Waals surface area contributed by atoms with Crippen LogP contribution in [0.5, 0.6) is 0 Å². The lowest BCUT2D eigenvalue weighted by Gasteiger charge is -2.30. The van der Waals surface area contributed by atoms with Crippen LogP contribution in [-0.4, -0.2) is 54.8 Å². The molecule has 23 heavy (non-hydrogen) atoms. The van der Waals surface area contributed by atoms with Crippen LogP contribution in [0.15, 0.2) is 18.5 Å². The Morgan fingerprint density at radius 1 is 1.26 bits per heavy atom. The summed E-state index contributed by atoms with van der Waals surface area (Å²) in [5.74, 6) is 1.05. The Kier molecular flexibility index (Phi) is 4.57. The van der Waals surface area contributed by atoms with Crippen LogP contribution in [-0.2, 0) is 9.84 Å². The number of hydrogen-bond donors (Lipinski definition) is 1. The summed E-state index contributed by atoms with van der Waals surface area (Å²) in [4.78, 5) is 18.6. The Bertz CT molecular complexity index is 682. The molecule has 1 unspecified atom stereocenters. The summed E-state index contributed by atoms with van der Waals surface area (Å²) in [6.45, 7) is 3.79. The second-order valence-electron chi connectivity index (χ2n) is 6.68. The number of sulfone groups is 1. The van der Waals surface area contributed by atoms with Gasteiger partial charge in [-0.3, -0.25) is 9.78 Å². The summed E-state index contributed by atoms with van der Waals surface area (Å²) >= 11 is 0. The van der Waals surface area contributed by atoms with Gasteiger partial charge >= 0.3 is 0 Å². The summed E-state index contributed by atoms with van der Waals surface area (Å²) in [7, 11) is -2.92. The van der Waals surface area contributed by atoms with Gasteiger partial charge in [-0.1, -0.05) is 6.92 Å². The van der Waals surface area contributed by atoms with Crippen LogP contribution in [0, 0.1) is 5.92 Å². The molecule has 0 radical (unpaired) electrons. The number of likely N-dealkylation sites (tertiary alicyclic amines) is 1. The number of amides is 1. The quantitative estimate of drug-likeness (QED) is 0.905. The molecule has 0 bridgehead atoms. The molecule has 1 N–H and O–H groups in total. The van der Waals surface area contributed by atoms with Crippen LogP contribution in [0.3, 0.4) is 0 Å². The van der Waals surface area contributed by atoms with Gasteiger partial charge in [0.05, 0.1) is 22.8 Å². The molecule has 3 rings (SSSR count). The highest BCUT2D eigenvalue weighted by Gasteiger charge is 2.28. The van der Waals surface area contributed by atoms with Crippen molar-refractivity contribution in [2.75, 3.05) is 29.9 Å². The third-order valence-electron chi connectivity index (χ3n) is 4.66. The van der Waals surface area contributed by atoms with Gasteiger partial charge in [-0.05, 0) is 31.2 Å². The van der Waals surface area contributed by atoms with E-state index in [4.69, 9.17) is 0 Å². The number of nitrogens with zero attached hydrogens (tertiary/aromatic N) is 2. The number of rotatable bonds is 3. The molecular formula is C16H23N3O3S. The first kappa shape index (κ1) is 16.2. The molecule has 0 spiro atoms. The van der Waals surface area contributed by atoms with E-state index < -0.39 is 9.84 Å². The predicted molar refractivity (Wildman–Crippen MR) is 89.2 cm³/mol. The van der Waals surface area contributed by atoms with Crippen LogP contribution in [0.25, 0.3) is 0 Å². The van der Waals surface area contributed by atoms with Crippen LogP contribution < -0.4 is 5.32 Å². The van der Waals surface area contributed by atoms with Crippen LogP contribution in [0.4, 0.5) is 5.69 Å². The van der Waals surface area contributed by atoms with Crippen molar-refractivity contribution in [1.29, 1.82) is 0 Å². The Hall–Kier alpha value is -1.63. The number of piperidine rings is 1. The van der Waals surface area contributed by atoms with Gasteiger partial charge in [0, 0.05) is 31.5 Å². The van der Waals surface area contributed by atoms with Gasteiger partial charge in [-0.25, -0.2) is 8.42 Å². The molecule has 0 saturated carbocycles. The maximum atomic E-state index is 12.6. The van der Waals surface area contributed by atoms with Gasteiger partial charge in [0.2, 0.25) is 0 Å². The first-order valence-electron chi connectivity index (χ1n) is 8.14. The zero-order valence-electron chi connectivity index (χ0n) is 13.4. The summed E-state index contributed by atoms with van der Waals surface area (Å²) in [5, 5.41) is 3.19. The molecule has 6 nitrogen and oxygen atoms in total. The molecule has 2 aliphatic heterocycles. The first-order chi connectivity index (χ1) is 10.9. The Balaban J connectivity index is 1.66. The molecule has 1 atom stereocenters. The summed E-state index contributed by atoms with van der Waals surface area (Å²) in [6, 6.07) is 1.68. The molecule has 0 aromatic carbocycles. The molecule has 2 saturated heterocycles. The van der Waals surface area contributed by atoms with E-state index in [0.717, 1.165) is 25.9 Å². The minimum absolute atomic E-state index is 0.00657. The number of carbonyl (C=O) groups is 1. The molecule has 126 valence electrons. The van der Waals surface area contributed by atoms with E-state index in [9.17, 15) is 13.2 Å². The summed E-state index contributed by atoms with van der Waals surface area (Å²) < 4.78 is 23.0. The number of hydrogen-bond acceptors (Lipinski definition) is 5. The highest BCUT2D eigenvalue weighted by molar-refractivity contribution is 7.91. The normalized spacial score (nSPS) is 24.6. The molecule has 7 heteroatoms. The molecule has 2 aliphatic rings. The standard InChI is InChI=1S/C16H23N3O3S/c1-12-2-5-19(6-3-12)16(20)13-8-15(10-17-9-13)18-14-4-7-23(21,22)11-14/h8-10,12,14,18H,2-7,11H2,1H3. The second-order valence-corrected chi connectivity index (χ2v) is 8.91. The zero-order chi connectivity index (χ0) is 16.4. The van der Waals surface area contributed by atoms with Crippen LogP contribution in [0.2, 0.25) is 0 Å². The number of pyridine rings is 1. The van der Waals surface area contributed by atoms with Gasteiger partial charge in [-0.2, -0.15) is 0 Å². The number of carbonyl (C=O) groups excluding carboxylic acids is 1. The maximum Gasteiger partial charge on any atom is 0.255 e. The number of anilines is 1. The fourth-order valence-corrected chi connectivity index (χ4v) is 4.85. The Morgan fingerprint density at radius 2 is 2.00 bits per heavy atom. The average Bonchev–Trinajstić information content (AvgIpc) is 2.86. The van der Waals surface area contributed by atoms with Crippen molar-refractivity contribution in [2.24, 2.45) is 5.92 Å². The summed E-state index contributed by atoms with van der Waals surface area (Å²) in [6.07, 6.45) is 5.90. The van der Waals surface area contributed by atoms with Gasteiger partial charge in [0.15, 0.2) is 9.84 Å². The fraction of sp³-hybridized carbons (Fsp3) is 0.625. The van der Waals surface area contributed by atoms with E-state index in [1.165, 1.54) is 0 Å². The van der Waals surface area contributed by atoms with Crippen molar-refractivity contribution in [3.63, 3.8) is 0 Å². The van der Waals surface area contributed by atoms with Crippen molar-refractivity contribution in [2.45, 2.75) is 32.2 Å². The first-order valence-corrected chi connectivity index (χ1v) is 9.96. The molecular weight excluding hydrogens is 314 g/mol. The molecule has 0 aliphatic carbocycles. The van der Waals surface area contributed by atoms with E-state index in [1.54, 1.807) is 18.5 Å². The topological polar surface area (TPSA) is 79.4 Å². The highest BCUT2D eigenvalue weighted by Crippen LogP contribution is 2.21. The maximum absolute atomic E-state index is 12.6. The predicted octanol–water partition coefficient (Wildman–Crippen LogP) is 1.55. The summed E-state index contributed by atoms with van der Waals surface area (Å²) in [5.41, 5.74) is 1.27. The monoisotopic (exact) mass is 337 g/mol. The molecule has 3 heterocycles. The van der Waals surface area contributed by atoms with Crippen molar-refractivity contribution >= 4 is 21.4 Å². The third-order valence-corrected chi connectivity index (χ3v) is 6.43. The van der Waals surface area contributed by atoms with Crippen molar-refractivity contribution < 1.29 is 13.2 Å². The molecule has 2 fully saturated rings. The number of aromatic nitrogens is 1. The van der Waals surface area contributed by atoms with E-state index in [2.05, 4.69) is 17.2 Å². The second kappa shape index (κ2) is 6.47. The lowest BCUT2D eigenvalue weighted by atomic mass is 9.99. The largest absolute Gasteiger partial charge is 0.380 e. The van der Waals surface area contributed by atoms with Crippen molar-refractivity contribution in [1.82, 2.24) is 9.88 Å². The van der Waals surface area contributed by atoms with Crippen LogP contribution >= 0.6 is 0 Å². The van der Waals surface area contributed by atoms with E-state index in [0.29, 0.717) is 23.6 Å². The van der Waals surface area contributed by atoms with Gasteiger partial charge in [0.1, 0.15) is 0 Å². The Labute approximate surface area is 137 Å². The van der Waals surface area contributed by atoms with E-state index >= 15 is 0 Å². The van der Waals surface area contributed by atoms with Crippen LogP contribution in [0.1, 0.15) is 36.5 Å². The zero-order valence-corrected chi connectivity index (χ0v) is 14.2. The molecule has 1 aromatic rings. The lowest BCUT2D eigenvalue weighted by Crippen LogP contribution is -2.38. The van der Waals surface area contributed by atoms with Crippen molar-refractivity contribution in [3.05, 3.63) is 24.0 Å². The highest BCUT2D eigenvalue weighted by atomic mass is 32.2. The lowest BCUT2D eigenvalue weighted by molar-refractivity contribution is 0.0697. The average molecular weight is 337 g/mol. The van der Waals surface area contributed by atoms with Crippen molar-refractivity contribution in [3.8, 4) is 0 Å². The van der Waals surface area contributed by atoms with E-state index in [1.807, 2.05) is 4.90 Å². The van der Waals surface area contributed by atoms with Gasteiger partial charge in [-0.15, -0.1) is 0 Å². The van der Waals surface area contributed by atoms with E-state index in [-0.39, 0.29) is 23.5 Å². The minimum Gasteiger partial charge on any atom is -0.380 e.